The fourth-order valence-electron chi connectivity index (χ4n) is 1.64. The Bertz CT molecular complexity index is 323. The molecule has 5 nitrogen and oxygen atoms in total. The third kappa shape index (κ3) is 2.19. The summed E-state index contributed by atoms with van der Waals surface area (Å²) in [7, 11) is 0. The number of furan rings is 1. The van der Waals surface area contributed by atoms with Crippen LogP contribution in [-0.2, 0) is 16.1 Å². The highest BCUT2D eigenvalue weighted by Gasteiger charge is 2.28. The number of carbonyl (C=O) groups excluding carboxylic acids is 1. The summed E-state index contributed by atoms with van der Waals surface area (Å²) in [6, 6.07) is 3.60. The van der Waals surface area contributed by atoms with Crippen molar-refractivity contribution in [3.63, 3.8) is 0 Å². The first-order chi connectivity index (χ1) is 7.31. The molecular formula is C10H14N2O3. The minimum Gasteiger partial charge on any atom is -0.467 e. The fraction of sp³-hybridized carbons (Fsp3) is 0.500. The number of nitrogens with zero attached hydrogens (tertiary/aromatic N) is 1. The minimum absolute atomic E-state index is 0.0342. The van der Waals surface area contributed by atoms with Crippen LogP contribution in [0.25, 0.3) is 0 Å². The van der Waals surface area contributed by atoms with E-state index in [0.29, 0.717) is 19.7 Å². The van der Waals surface area contributed by atoms with E-state index in [4.69, 9.17) is 14.9 Å². The van der Waals surface area contributed by atoms with Gasteiger partial charge < -0.3 is 19.8 Å². The van der Waals surface area contributed by atoms with E-state index < -0.39 is 0 Å². The Morgan fingerprint density at radius 1 is 1.60 bits per heavy atom. The molecule has 1 aliphatic rings. The number of morpholine rings is 1. The molecule has 2 rings (SSSR count). The van der Waals surface area contributed by atoms with Crippen LogP contribution < -0.4 is 5.73 Å². The fourth-order valence-corrected chi connectivity index (χ4v) is 1.64. The van der Waals surface area contributed by atoms with Gasteiger partial charge >= 0.3 is 0 Å². The van der Waals surface area contributed by atoms with E-state index >= 15 is 0 Å². The summed E-state index contributed by atoms with van der Waals surface area (Å²) in [4.78, 5) is 13.3. The maximum atomic E-state index is 11.6. The van der Waals surface area contributed by atoms with Gasteiger partial charge in [0.1, 0.15) is 12.4 Å². The third-order valence-corrected chi connectivity index (χ3v) is 2.48. The highest BCUT2D eigenvalue weighted by atomic mass is 16.5. The molecule has 1 aromatic rings. The Kier molecular flexibility index (Phi) is 3.03. The monoisotopic (exact) mass is 210 g/mol. The minimum atomic E-state index is -0.0450. The predicted molar refractivity (Wildman–Crippen MR) is 52.9 cm³/mol. The van der Waals surface area contributed by atoms with Crippen molar-refractivity contribution in [1.29, 1.82) is 0 Å². The molecule has 0 aromatic carbocycles. The number of hydrogen-bond donors (Lipinski definition) is 1. The molecular weight excluding hydrogens is 196 g/mol. The van der Waals surface area contributed by atoms with E-state index in [-0.39, 0.29) is 18.6 Å². The van der Waals surface area contributed by atoms with Crippen LogP contribution >= 0.6 is 0 Å². The standard InChI is InChI=1S/C10H14N2O3/c11-4-8-6-14-7-10(13)12(8)5-9-2-1-3-15-9/h1-3,8H,4-7,11H2. The van der Waals surface area contributed by atoms with Crippen LogP contribution in [0, 0.1) is 0 Å². The van der Waals surface area contributed by atoms with Gasteiger partial charge in [-0.15, -0.1) is 0 Å². The van der Waals surface area contributed by atoms with Crippen LogP contribution in [0.15, 0.2) is 22.8 Å². The van der Waals surface area contributed by atoms with Gasteiger partial charge in [0, 0.05) is 6.54 Å². The second-order valence-electron chi connectivity index (χ2n) is 3.51. The molecule has 15 heavy (non-hydrogen) atoms. The number of amides is 1. The summed E-state index contributed by atoms with van der Waals surface area (Å²) >= 11 is 0. The molecule has 1 saturated heterocycles. The number of ether oxygens (including phenoxy) is 1. The molecule has 5 heteroatoms. The number of nitrogens with two attached hydrogens (primary N) is 1. The Hall–Kier alpha value is -1.33. The zero-order chi connectivity index (χ0) is 10.7. The highest BCUT2D eigenvalue weighted by Crippen LogP contribution is 2.12. The highest BCUT2D eigenvalue weighted by molar-refractivity contribution is 5.78. The normalized spacial score (nSPS) is 22.1. The molecule has 1 fully saturated rings. The zero-order valence-electron chi connectivity index (χ0n) is 8.39. The van der Waals surface area contributed by atoms with Crippen molar-refractivity contribution >= 4 is 5.91 Å². The smallest absolute Gasteiger partial charge is 0.249 e. The summed E-state index contributed by atoms with van der Waals surface area (Å²) in [5.41, 5.74) is 5.58. The van der Waals surface area contributed by atoms with Crippen LogP contribution in [0.5, 0.6) is 0 Å². The van der Waals surface area contributed by atoms with Crippen LogP contribution in [-0.4, -0.2) is 36.6 Å². The zero-order valence-corrected chi connectivity index (χ0v) is 8.39. The predicted octanol–water partition coefficient (Wildman–Crippen LogP) is -0.0343. The number of rotatable bonds is 3. The Morgan fingerprint density at radius 2 is 2.47 bits per heavy atom. The molecule has 0 bridgehead atoms. The molecule has 0 radical (unpaired) electrons. The summed E-state index contributed by atoms with van der Waals surface area (Å²) < 4.78 is 10.3. The van der Waals surface area contributed by atoms with E-state index in [1.807, 2.05) is 6.07 Å². The molecule has 2 N–H and O–H groups in total. The second-order valence-corrected chi connectivity index (χ2v) is 3.51. The van der Waals surface area contributed by atoms with Crippen molar-refractivity contribution in [2.45, 2.75) is 12.6 Å². The van der Waals surface area contributed by atoms with Crippen molar-refractivity contribution in [3.8, 4) is 0 Å². The van der Waals surface area contributed by atoms with Gasteiger partial charge in [0.2, 0.25) is 5.91 Å². The molecule has 1 amide bonds. The molecule has 2 heterocycles. The van der Waals surface area contributed by atoms with Crippen molar-refractivity contribution in [3.05, 3.63) is 24.2 Å². The summed E-state index contributed by atoms with van der Waals surface area (Å²) in [6.07, 6.45) is 1.59. The average molecular weight is 210 g/mol. The van der Waals surface area contributed by atoms with Gasteiger partial charge in [-0.25, -0.2) is 0 Å². The van der Waals surface area contributed by atoms with Crippen LogP contribution in [0.3, 0.4) is 0 Å². The van der Waals surface area contributed by atoms with Gasteiger partial charge in [-0.3, -0.25) is 4.79 Å². The van der Waals surface area contributed by atoms with Crippen LogP contribution in [0.4, 0.5) is 0 Å². The Morgan fingerprint density at radius 3 is 3.13 bits per heavy atom. The molecule has 1 unspecified atom stereocenters. The van der Waals surface area contributed by atoms with Crippen molar-refractivity contribution < 1.29 is 13.9 Å². The van der Waals surface area contributed by atoms with Gasteiger partial charge in [0.15, 0.2) is 0 Å². The Balaban J connectivity index is 2.06. The average Bonchev–Trinajstić information content (AvgIpc) is 2.74. The maximum Gasteiger partial charge on any atom is 0.249 e. The maximum absolute atomic E-state index is 11.6. The molecule has 0 saturated carbocycles. The lowest BCUT2D eigenvalue weighted by molar-refractivity contribution is -0.148. The van der Waals surface area contributed by atoms with E-state index in [2.05, 4.69) is 0 Å². The van der Waals surface area contributed by atoms with E-state index in [0.717, 1.165) is 5.76 Å². The van der Waals surface area contributed by atoms with Crippen molar-refractivity contribution in [2.75, 3.05) is 19.8 Å². The third-order valence-electron chi connectivity index (χ3n) is 2.48. The molecule has 1 aliphatic heterocycles. The summed E-state index contributed by atoms with van der Waals surface area (Å²) in [6.45, 7) is 1.52. The molecule has 0 spiro atoms. The van der Waals surface area contributed by atoms with E-state index in [9.17, 15) is 4.79 Å². The molecule has 82 valence electrons. The first-order valence-corrected chi connectivity index (χ1v) is 4.91. The lowest BCUT2D eigenvalue weighted by atomic mass is 10.2. The summed E-state index contributed by atoms with van der Waals surface area (Å²) in [5.74, 6) is 0.733. The van der Waals surface area contributed by atoms with Gasteiger partial charge in [-0.1, -0.05) is 0 Å². The van der Waals surface area contributed by atoms with Gasteiger partial charge in [0.25, 0.3) is 0 Å². The van der Waals surface area contributed by atoms with Crippen LogP contribution in [0.2, 0.25) is 0 Å². The lowest BCUT2D eigenvalue weighted by Gasteiger charge is -2.34. The molecule has 1 atom stereocenters. The van der Waals surface area contributed by atoms with E-state index in [1.54, 1.807) is 17.2 Å². The summed E-state index contributed by atoms with van der Waals surface area (Å²) in [5, 5.41) is 0. The lowest BCUT2D eigenvalue weighted by Crippen LogP contribution is -2.52. The quantitative estimate of drug-likeness (QED) is 0.760. The van der Waals surface area contributed by atoms with E-state index in [1.165, 1.54) is 0 Å². The van der Waals surface area contributed by atoms with Crippen LogP contribution in [0.1, 0.15) is 5.76 Å². The van der Waals surface area contributed by atoms with Gasteiger partial charge in [0.05, 0.1) is 25.5 Å². The van der Waals surface area contributed by atoms with Crippen molar-refractivity contribution in [1.82, 2.24) is 4.90 Å². The largest absolute Gasteiger partial charge is 0.467 e. The second kappa shape index (κ2) is 4.46. The van der Waals surface area contributed by atoms with Crippen molar-refractivity contribution in [2.24, 2.45) is 5.73 Å². The van der Waals surface area contributed by atoms with Gasteiger partial charge in [-0.2, -0.15) is 0 Å². The topological polar surface area (TPSA) is 68.7 Å². The number of carbonyl (C=O) groups is 1. The molecule has 1 aromatic heterocycles. The first kappa shape index (κ1) is 10.2. The molecule has 0 aliphatic carbocycles. The first-order valence-electron chi connectivity index (χ1n) is 4.91. The number of hydrogen-bond acceptors (Lipinski definition) is 4. The SMILES string of the molecule is NCC1COCC(=O)N1Cc1ccco1. The Labute approximate surface area is 87.8 Å². The van der Waals surface area contributed by atoms with Gasteiger partial charge in [-0.05, 0) is 12.1 Å².